The molecule has 1 fully saturated rings. The molecule has 0 atom stereocenters. The third-order valence-electron chi connectivity index (χ3n) is 3.15. The van der Waals surface area contributed by atoms with Crippen molar-refractivity contribution in [2.45, 2.75) is 25.7 Å². The molecule has 0 unspecified atom stereocenters. The second-order valence-electron chi connectivity index (χ2n) is 4.54. The molecule has 88 valence electrons. The van der Waals surface area contributed by atoms with E-state index in [0.29, 0.717) is 5.82 Å². The molecular formula is C11H19N5. The highest BCUT2D eigenvalue weighted by atomic mass is 15.2. The van der Waals surface area contributed by atoms with Gasteiger partial charge in [-0.05, 0) is 18.8 Å². The molecule has 2 rings (SSSR count). The minimum Gasteiger partial charge on any atom is -0.383 e. The lowest BCUT2D eigenvalue weighted by molar-refractivity contribution is 0.545. The van der Waals surface area contributed by atoms with E-state index in [1.54, 1.807) is 6.07 Å². The predicted molar refractivity (Wildman–Crippen MR) is 66.1 cm³/mol. The summed E-state index contributed by atoms with van der Waals surface area (Å²) < 4.78 is 0. The van der Waals surface area contributed by atoms with Crippen molar-refractivity contribution in [2.24, 2.45) is 5.92 Å². The Labute approximate surface area is 95.9 Å². The van der Waals surface area contributed by atoms with E-state index in [1.807, 2.05) is 7.05 Å². The summed E-state index contributed by atoms with van der Waals surface area (Å²) in [6.45, 7) is 1.02. The largest absolute Gasteiger partial charge is 0.383 e. The quantitative estimate of drug-likeness (QED) is 0.803. The molecule has 1 saturated carbocycles. The molecule has 0 radical (unpaired) electrons. The third kappa shape index (κ3) is 2.53. The molecule has 5 heteroatoms. The normalized spacial score (nSPS) is 16.6. The maximum atomic E-state index is 5.65. The Kier molecular flexibility index (Phi) is 3.12. The number of hydrogen-bond acceptors (Lipinski definition) is 5. The highest BCUT2D eigenvalue weighted by Crippen LogP contribution is 2.26. The van der Waals surface area contributed by atoms with Gasteiger partial charge in [0, 0.05) is 19.7 Å². The molecule has 1 heterocycles. The van der Waals surface area contributed by atoms with Crippen LogP contribution in [0.1, 0.15) is 25.7 Å². The van der Waals surface area contributed by atoms with E-state index in [2.05, 4.69) is 14.9 Å². The van der Waals surface area contributed by atoms with Crippen LogP contribution < -0.4 is 16.4 Å². The summed E-state index contributed by atoms with van der Waals surface area (Å²) in [6.07, 6.45) is 5.35. The number of nitrogens with two attached hydrogens (primary N) is 2. The van der Waals surface area contributed by atoms with Crippen molar-refractivity contribution < 1.29 is 0 Å². The SMILES string of the molecule is CN(CC1CCCC1)c1cc(N)nc(N)n1. The van der Waals surface area contributed by atoms with Gasteiger partial charge in [-0.3, -0.25) is 0 Å². The first-order chi connectivity index (χ1) is 7.65. The topological polar surface area (TPSA) is 81.1 Å². The number of nitrogens with zero attached hydrogens (tertiary/aromatic N) is 3. The van der Waals surface area contributed by atoms with Gasteiger partial charge < -0.3 is 16.4 Å². The van der Waals surface area contributed by atoms with Crippen LogP contribution in [-0.2, 0) is 0 Å². The van der Waals surface area contributed by atoms with Gasteiger partial charge in [0.05, 0.1) is 0 Å². The molecule has 0 saturated heterocycles. The van der Waals surface area contributed by atoms with E-state index in [0.717, 1.165) is 18.3 Å². The summed E-state index contributed by atoms with van der Waals surface area (Å²) in [5.74, 6) is 2.27. The lowest BCUT2D eigenvalue weighted by Gasteiger charge is -2.22. The summed E-state index contributed by atoms with van der Waals surface area (Å²) in [4.78, 5) is 10.2. The molecule has 16 heavy (non-hydrogen) atoms. The number of nitrogen functional groups attached to an aromatic ring is 2. The summed E-state index contributed by atoms with van der Waals surface area (Å²) in [5, 5.41) is 0. The van der Waals surface area contributed by atoms with Crippen molar-refractivity contribution in [1.82, 2.24) is 9.97 Å². The van der Waals surface area contributed by atoms with Crippen LogP contribution in [0.15, 0.2) is 6.07 Å². The Morgan fingerprint density at radius 2 is 2.00 bits per heavy atom. The van der Waals surface area contributed by atoms with Crippen LogP contribution in [0.2, 0.25) is 0 Å². The van der Waals surface area contributed by atoms with Crippen LogP contribution in [0.3, 0.4) is 0 Å². The summed E-state index contributed by atoms with van der Waals surface area (Å²) >= 11 is 0. The van der Waals surface area contributed by atoms with Crippen molar-refractivity contribution in [3.05, 3.63) is 6.07 Å². The first kappa shape index (κ1) is 11.0. The van der Waals surface area contributed by atoms with Crippen LogP contribution in [0, 0.1) is 5.92 Å². The molecule has 1 aliphatic rings. The summed E-state index contributed by atoms with van der Waals surface area (Å²) in [7, 11) is 2.03. The predicted octanol–water partition coefficient (Wildman–Crippen LogP) is 1.27. The van der Waals surface area contributed by atoms with Crippen LogP contribution in [0.25, 0.3) is 0 Å². The average molecular weight is 221 g/mol. The molecule has 0 spiro atoms. The second-order valence-corrected chi connectivity index (χ2v) is 4.54. The van der Waals surface area contributed by atoms with Crippen LogP contribution in [0.5, 0.6) is 0 Å². The minimum atomic E-state index is 0.244. The first-order valence-corrected chi connectivity index (χ1v) is 5.76. The molecule has 1 aliphatic carbocycles. The number of rotatable bonds is 3. The Morgan fingerprint density at radius 3 is 2.62 bits per heavy atom. The molecule has 1 aromatic heterocycles. The van der Waals surface area contributed by atoms with Crippen molar-refractivity contribution in [2.75, 3.05) is 30.0 Å². The van der Waals surface area contributed by atoms with Crippen molar-refractivity contribution in [1.29, 1.82) is 0 Å². The number of anilines is 3. The molecule has 4 N–H and O–H groups in total. The monoisotopic (exact) mass is 221 g/mol. The van der Waals surface area contributed by atoms with E-state index in [1.165, 1.54) is 25.7 Å². The Bertz CT molecular complexity index is 339. The first-order valence-electron chi connectivity index (χ1n) is 5.76. The third-order valence-corrected chi connectivity index (χ3v) is 3.15. The van der Waals surface area contributed by atoms with Gasteiger partial charge in [0.25, 0.3) is 0 Å². The fourth-order valence-electron chi connectivity index (χ4n) is 2.34. The van der Waals surface area contributed by atoms with Gasteiger partial charge in [-0.15, -0.1) is 0 Å². The van der Waals surface area contributed by atoms with Crippen LogP contribution in [-0.4, -0.2) is 23.6 Å². The summed E-state index contributed by atoms with van der Waals surface area (Å²) in [6, 6.07) is 1.77. The van der Waals surface area contributed by atoms with Gasteiger partial charge in [-0.1, -0.05) is 12.8 Å². The van der Waals surface area contributed by atoms with Gasteiger partial charge in [0.15, 0.2) is 0 Å². The molecular weight excluding hydrogens is 202 g/mol. The van der Waals surface area contributed by atoms with Crippen molar-refractivity contribution in [3.63, 3.8) is 0 Å². The van der Waals surface area contributed by atoms with E-state index in [-0.39, 0.29) is 5.95 Å². The Balaban J connectivity index is 2.04. The fraction of sp³-hybridized carbons (Fsp3) is 0.636. The molecule has 0 bridgehead atoms. The van der Waals surface area contributed by atoms with Gasteiger partial charge in [-0.25, -0.2) is 0 Å². The van der Waals surface area contributed by atoms with E-state index in [4.69, 9.17) is 11.5 Å². The van der Waals surface area contributed by atoms with Gasteiger partial charge >= 0.3 is 0 Å². The molecule has 5 nitrogen and oxygen atoms in total. The standard InChI is InChI=1S/C11H19N5/c1-16(7-8-4-2-3-5-8)10-6-9(12)14-11(13)15-10/h6,8H,2-5,7H2,1H3,(H4,12,13,14,15). The highest BCUT2D eigenvalue weighted by Gasteiger charge is 2.17. The van der Waals surface area contributed by atoms with E-state index in [9.17, 15) is 0 Å². The number of aromatic nitrogens is 2. The van der Waals surface area contributed by atoms with Gasteiger partial charge in [0.1, 0.15) is 11.6 Å². The highest BCUT2D eigenvalue weighted by molar-refractivity contribution is 5.49. The van der Waals surface area contributed by atoms with Gasteiger partial charge in [-0.2, -0.15) is 9.97 Å². The van der Waals surface area contributed by atoms with E-state index >= 15 is 0 Å². The number of hydrogen-bond donors (Lipinski definition) is 2. The fourth-order valence-corrected chi connectivity index (χ4v) is 2.34. The van der Waals surface area contributed by atoms with Crippen molar-refractivity contribution >= 4 is 17.6 Å². The maximum absolute atomic E-state index is 5.65. The van der Waals surface area contributed by atoms with Crippen LogP contribution >= 0.6 is 0 Å². The van der Waals surface area contributed by atoms with Crippen molar-refractivity contribution in [3.8, 4) is 0 Å². The zero-order valence-electron chi connectivity index (χ0n) is 9.69. The molecule has 0 aromatic carbocycles. The zero-order valence-corrected chi connectivity index (χ0v) is 9.69. The summed E-state index contributed by atoms with van der Waals surface area (Å²) in [5.41, 5.74) is 11.2. The Hall–Kier alpha value is -1.52. The lowest BCUT2D eigenvalue weighted by atomic mass is 10.1. The van der Waals surface area contributed by atoms with E-state index < -0.39 is 0 Å². The molecule has 0 aliphatic heterocycles. The molecule has 1 aromatic rings. The second kappa shape index (κ2) is 4.55. The minimum absolute atomic E-state index is 0.244. The Morgan fingerprint density at radius 1 is 1.31 bits per heavy atom. The average Bonchev–Trinajstić information content (AvgIpc) is 2.68. The smallest absolute Gasteiger partial charge is 0.223 e. The lowest BCUT2D eigenvalue weighted by Crippen LogP contribution is -2.25. The van der Waals surface area contributed by atoms with Crippen LogP contribution in [0.4, 0.5) is 17.6 Å². The maximum Gasteiger partial charge on any atom is 0.223 e. The zero-order chi connectivity index (χ0) is 11.5. The van der Waals surface area contributed by atoms with Gasteiger partial charge in [0.2, 0.25) is 5.95 Å². The molecule has 0 amide bonds.